The first-order chi connectivity index (χ1) is 8.27. The van der Waals surface area contributed by atoms with Crippen LogP contribution in [0.5, 0.6) is 0 Å². The van der Waals surface area contributed by atoms with E-state index in [1.165, 1.54) is 0 Å². The minimum Gasteiger partial charge on any atom is -0.245 e. The van der Waals surface area contributed by atoms with Crippen LogP contribution >= 0.6 is 29.1 Å². The standard InChI is InChI=1S/C13H8Cl2NP/c14-17(15)13-11-7-2-1-5-9(11)10-6-3-4-8-12(10)16-13/h1-8H. The lowest BCUT2D eigenvalue weighted by atomic mass is 10.1. The van der Waals surface area contributed by atoms with Gasteiger partial charge in [0.05, 0.1) is 5.52 Å². The summed E-state index contributed by atoms with van der Waals surface area (Å²) in [6.45, 7) is -1.24. The highest BCUT2D eigenvalue weighted by atomic mass is 35.9. The third-order valence-electron chi connectivity index (χ3n) is 2.75. The summed E-state index contributed by atoms with van der Waals surface area (Å²) in [6, 6.07) is 16.1. The zero-order chi connectivity index (χ0) is 11.8. The molecule has 1 nitrogen and oxygen atoms in total. The van der Waals surface area contributed by atoms with Gasteiger partial charge in [-0.05, 0) is 11.5 Å². The molecule has 2 aromatic carbocycles. The number of benzene rings is 2. The lowest BCUT2D eigenvalue weighted by molar-refractivity contribution is 1.51. The molecular formula is C13H8Cl2NP. The van der Waals surface area contributed by atoms with Gasteiger partial charge in [-0.1, -0.05) is 64.9 Å². The Bertz CT molecular complexity index is 697. The van der Waals surface area contributed by atoms with Crippen LogP contribution in [0.4, 0.5) is 0 Å². The maximum atomic E-state index is 6.05. The topological polar surface area (TPSA) is 12.9 Å². The van der Waals surface area contributed by atoms with Crippen molar-refractivity contribution >= 4 is 56.2 Å². The van der Waals surface area contributed by atoms with Gasteiger partial charge in [-0.15, -0.1) is 0 Å². The van der Waals surface area contributed by atoms with E-state index in [0.717, 1.165) is 27.1 Å². The molecule has 0 spiro atoms. The largest absolute Gasteiger partial charge is 0.245 e. The predicted octanol–water partition coefficient (Wildman–Crippen LogP) is 4.80. The van der Waals surface area contributed by atoms with Gasteiger partial charge in [0.15, 0.2) is 0 Å². The molecule has 17 heavy (non-hydrogen) atoms. The lowest BCUT2D eigenvalue weighted by Crippen LogP contribution is -2.04. The highest BCUT2D eigenvalue weighted by molar-refractivity contribution is 8.09. The van der Waals surface area contributed by atoms with Gasteiger partial charge in [0.25, 0.3) is 0 Å². The molecule has 0 radical (unpaired) electrons. The molecule has 3 aromatic rings. The molecule has 0 bridgehead atoms. The van der Waals surface area contributed by atoms with Crippen LogP contribution in [-0.2, 0) is 0 Å². The minimum atomic E-state index is -1.24. The smallest absolute Gasteiger partial charge is 0.136 e. The molecule has 0 aliphatic heterocycles. The number of rotatable bonds is 1. The quantitative estimate of drug-likeness (QED) is 0.460. The summed E-state index contributed by atoms with van der Waals surface area (Å²) in [5.74, 6) is 0. The molecule has 0 unspecified atom stereocenters. The van der Waals surface area contributed by atoms with E-state index in [4.69, 9.17) is 22.5 Å². The van der Waals surface area contributed by atoms with E-state index in [0.29, 0.717) is 0 Å². The highest BCUT2D eigenvalue weighted by Gasteiger charge is 2.13. The van der Waals surface area contributed by atoms with Gasteiger partial charge >= 0.3 is 0 Å². The number of hydrogen-bond acceptors (Lipinski definition) is 1. The van der Waals surface area contributed by atoms with Gasteiger partial charge in [-0.3, -0.25) is 0 Å². The van der Waals surface area contributed by atoms with E-state index in [9.17, 15) is 0 Å². The fourth-order valence-corrected chi connectivity index (χ4v) is 3.35. The minimum absolute atomic E-state index is 0.789. The van der Waals surface area contributed by atoms with Crippen molar-refractivity contribution in [3.63, 3.8) is 0 Å². The summed E-state index contributed by atoms with van der Waals surface area (Å²) in [5.41, 5.74) is 1.73. The number of pyridine rings is 1. The number of nitrogens with zero attached hydrogens (tertiary/aromatic N) is 1. The van der Waals surface area contributed by atoms with Crippen molar-refractivity contribution in [1.29, 1.82) is 0 Å². The number of halogens is 2. The first-order valence-corrected chi connectivity index (χ1v) is 8.32. The van der Waals surface area contributed by atoms with E-state index in [-0.39, 0.29) is 0 Å². The molecule has 0 amide bonds. The Balaban J connectivity index is 2.55. The van der Waals surface area contributed by atoms with Crippen LogP contribution < -0.4 is 5.44 Å². The predicted molar refractivity (Wildman–Crippen MR) is 77.5 cm³/mol. The summed E-state index contributed by atoms with van der Waals surface area (Å²) >= 11 is 12.1. The van der Waals surface area contributed by atoms with E-state index >= 15 is 0 Å². The molecule has 0 saturated heterocycles. The van der Waals surface area contributed by atoms with E-state index in [1.54, 1.807) is 0 Å². The number of hydrogen-bond donors (Lipinski definition) is 0. The fourth-order valence-electron chi connectivity index (χ4n) is 2.02. The van der Waals surface area contributed by atoms with E-state index in [2.05, 4.69) is 17.1 Å². The Kier molecular flexibility index (Phi) is 2.92. The molecule has 0 N–H and O–H groups in total. The zero-order valence-electron chi connectivity index (χ0n) is 8.77. The summed E-state index contributed by atoms with van der Waals surface area (Å²) in [4.78, 5) is 4.57. The van der Waals surface area contributed by atoms with Gasteiger partial charge in [0.2, 0.25) is 0 Å². The molecule has 3 rings (SSSR count). The third kappa shape index (κ3) is 1.89. The van der Waals surface area contributed by atoms with Gasteiger partial charge in [-0.2, -0.15) is 0 Å². The average Bonchev–Trinajstić information content (AvgIpc) is 2.37. The van der Waals surface area contributed by atoms with Crippen molar-refractivity contribution in [3.05, 3.63) is 48.5 Å². The Morgan fingerprint density at radius 2 is 1.35 bits per heavy atom. The Hall–Kier alpha value is -0.880. The molecule has 84 valence electrons. The maximum Gasteiger partial charge on any atom is 0.136 e. The van der Waals surface area contributed by atoms with Crippen LogP contribution in [0.2, 0.25) is 0 Å². The molecule has 0 fully saturated rings. The molecule has 1 heterocycles. The monoisotopic (exact) mass is 279 g/mol. The van der Waals surface area contributed by atoms with Crippen molar-refractivity contribution < 1.29 is 0 Å². The second kappa shape index (κ2) is 4.42. The van der Waals surface area contributed by atoms with E-state index < -0.39 is 6.63 Å². The Labute approximate surface area is 110 Å². The van der Waals surface area contributed by atoms with Crippen molar-refractivity contribution in [2.45, 2.75) is 0 Å². The molecule has 0 saturated carbocycles. The average molecular weight is 280 g/mol. The summed E-state index contributed by atoms with van der Waals surface area (Å²) in [6.07, 6.45) is 0. The van der Waals surface area contributed by atoms with Gasteiger partial charge in [0, 0.05) is 10.8 Å². The third-order valence-corrected chi connectivity index (χ3v) is 4.37. The summed E-state index contributed by atoms with van der Waals surface area (Å²) in [5, 5.41) is 3.33. The second-order valence-corrected chi connectivity index (χ2v) is 7.17. The maximum absolute atomic E-state index is 6.05. The molecule has 1 aromatic heterocycles. The van der Waals surface area contributed by atoms with E-state index in [1.807, 2.05) is 36.4 Å². The zero-order valence-corrected chi connectivity index (χ0v) is 11.2. The Morgan fingerprint density at radius 3 is 2.06 bits per heavy atom. The molecule has 0 aliphatic rings. The summed E-state index contributed by atoms with van der Waals surface area (Å²) in [7, 11) is 0. The molecule has 4 heteroatoms. The van der Waals surface area contributed by atoms with Crippen LogP contribution in [0.15, 0.2) is 48.5 Å². The Morgan fingerprint density at radius 1 is 0.765 bits per heavy atom. The first kappa shape index (κ1) is 11.2. The van der Waals surface area contributed by atoms with Crippen LogP contribution in [0.3, 0.4) is 0 Å². The molecule has 0 atom stereocenters. The van der Waals surface area contributed by atoms with Gasteiger partial charge < -0.3 is 0 Å². The van der Waals surface area contributed by atoms with Crippen molar-refractivity contribution in [1.82, 2.24) is 4.98 Å². The SMILES string of the molecule is ClP(Cl)c1nc2ccccc2c2ccccc12. The van der Waals surface area contributed by atoms with Crippen molar-refractivity contribution in [2.24, 2.45) is 0 Å². The summed E-state index contributed by atoms with van der Waals surface area (Å²) < 4.78 is 0. The number of aromatic nitrogens is 1. The first-order valence-electron chi connectivity index (χ1n) is 5.16. The normalized spacial score (nSPS) is 11.5. The van der Waals surface area contributed by atoms with Gasteiger partial charge in [0.1, 0.15) is 12.1 Å². The molecular weight excluding hydrogens is 272 g/mol. The highest BCUT2D eigenvalue weighted by Crippen LogP contribution is 2.46. The second-order valence-electron chi connectivity index (χ2n) is 3.73. The fraction of sp³-hybridized carbons (Fsp3) is 0. The lowest BCUT2D eigenvalue weighted by Gasteiger charge is -2.09. The van der Waals surface area contributed by atoms with Crippen LogP contribution in [-0.4, -0.2) is 4.98 Å². The molecule has 0 aliphatic carbocycles. The number of para-hydroxylation sites is 1. The van der Waals surface area contributed by atoms with Gasteiger partial charge in [-0.25, -0.2) is 4.98 Å². The van der Waals surface area contributed by atoms with Crippen LogP contribution in [0, 0.1) is 0 Å². The number of fused-ring (bicyclic) bond motifs is 3. The van der Waals surface area contributed by atoms with Crippen molar-refractivity contribution in [3.8, 4) is 0 Å². The van der Waals surface area contributed by atoms with Crippen LogP contribution in [0.1, 0.15) is 0 Å². The van der Waals surface area contributed by atoms with Crippen LogP contribution in [0.25, 0.3) is 21.7 Å². The van der Waals surface area contributed by atoms with Crippen molar-refractivity contribution in [2.75, 3.05) is 0 Å².